The van der Waals surface area contributed by atoms with Crippen molar-refractivity contribution in [3.8, 4) is 0 Å². The highest BCUT2D eigenvalue weighted by atomic mass is 79.9. The van der Waals surface area contributed by atoms with Crippen LogP contribution in [0.2, 0.25) is 5.02 Å². The molecule has 0 saturated heterocycles. The predicted octanol–water partition coefficient (Wildman–Crippen LogP) is 4.71. The summed E-state index contributed by atoms with van der Waals surface area (Å²) in [5, 5.41) is 1.90. The number of ether oxygens (including phenoxy) is 1. The van der Waals surface area contributed by atoms with Crippen LogP contribution in [0.1, 0.15) is 25.3 Å². The van der Waals surface area contributed by atoms with Gasteiger partial charge in [-0.25, -0.2) is 0 Å². The zero-order chi connectivity index (χ0) is 12.5. The molecule has 0 radical (unpaired) electrons. The highest BCUT2D eigenvalue weighted by Crippen LogP contribution is 2.22. The average molecular weight is 320 g/mol. The molecule has 1 nitrogen and oxygen atoms in total. The molecule has 0 aliphatic carbocycles. The fourth-order valence-corrected chi connectivity index (χ4v) is 2.59. The van der Waals surface area contributed by atoms with Gasteiger partial charge in [-0.2, -0.15) is 0 Å². The summed E-state index contributed by atoms with van der Waals surface area (Å²) in [5.41, 5.74) is 1.25. The second kappa shape index (κ2) is 8.96. The molecular formula is C14H20BrClO. The van der Waals surface area contributed by atoms with Crippen LogP contribution in [0, 0.1) is 5.92 Å². The van der Waals surface area contributed by atoms with E-state index in [0.717, 1.165) is 36.4 Å². The number of alkyl halides is 1. The van der Waals surface area contributed by atoms with E-state index in [4.69, 9.17) is 16.3 Å². The molecule has 1 aromatic rings. The van der Waals surface area contributed by atoms with Crippen molar-refractivity contribution in [3.05, 3.63) is 34.9 Å². The minimum atomic E-state index is 0.635. The first kappa shape index (κ1) is 15.0. The number of halogens is 2. The molecule has 0 spiro atoms. The van der Waals surface area contributed by atoms with E-state index in [1.165, 1.54) is 12.0 Å². The lowest BCUT2D eigenvalue weighted by Gasteiger charge is -2.14. The summed E-state index contributed by atoms with van der Waals surface area (Å²) in [6.07, 6.45) is 3.34. The Bertz CT molecular complexity index is 317. The molecule has 1 rings (SSSR count). The molecule has 0 aliphatic heterocycles. The van der Waals surface area contributed by atoms with Crippen molar-refractivity contribution in [1.29, 1.82) is 0 Å². The first-order chi connectivity index (χ1) is 8.27. The summed E-state index contributed by atoms with van der Waals surface area (Å²) in [5.74, 6) is 0.635. The molecule has 0 bridgehead atoms. The smallest absolute Gasteiger partial charge is 0.0466 e. The third-order valence-electron chi connectivity index (χ3n) is 2.79. The van der Waals surface area contributed by atoms with Crippen molar-refractivity contribution in [3.63, 3.8) is 0 Å². The van der Waals surface area contributed by atoms with E-state index < -0.39 is 0 Å². The standard InChI is InChI=1S/C14H20BrClO/c1-2-17-9-5-6-12(11-15)10-13-7-3-4-8-14(13)16/h3-4,7-8,12H,2,5-6,9-11H2,1H3. The van der Waals surface area contributed by atoms with E-state index in [1.807, 2.05) is 25.1 Å². The zero-order valence-electron chi connectivity index (χ0n) is 10.3. The minimum absolute atomic E-state index is 0.635. The van der Waals surface area contributed by atoms with Gasteiger partial charge in [0.05, 0.1) is 0 Å². The molecule has 96 valence electrons. The van der Waals surface area contributed by atoms with Gasteiger partial charge in [0, 0.05) is 23.6 Å². The van der Waals surface area contributed by atoms with Crippen LogP contribution in [0.5, 0.6) is 0 Å². The SMILES string of the molecule is CCOCCCC(CBr)Cc1ccccc1Cl. The molecule has 0 N–H and O–H groups in total. The van der Waals surface area contributed by atoms with Crippen molar-refractivity contribution < 1.29 is 4.74 Å². The van der Waals surface area contributed by atoms with Gasteiger partial charge in [0.15, 0.2) is 0 Å². The molecule has 1 unspecified atom stereocenters. The number of benzene rings is 1. The summed E-state index contributed by atoms with van der Waals surface area (Å²) in [6, 6.07) is 8.10. The second-order valence-electron chi connectivity index (χ2n) is 4.16. The quantitative estimate of drug-likeness (QED) is 0.498. The maximum absolute atomic E-state index is 6.17. The van der Waals surface area contributed by atoms with Crippen molar-refractivity contribution in [2.24, 2.45) is 5.92 Å². The van der Waals surface area contributed by atoms with Gasteiger partial charge < -0.3 is 4.74 Å². The van der Waals surface area contributed by atoms with Gasteiger partial charge >= 0.3 is 0 Å². The second-order valence-corrected chi connectivity index (χ2v) is 5.21. The van der Waals surface area contributed by atoms with E-state index in [1.54, 1.807) is 0 Å². The first-order valence-electron chi connectivity index (χ1n) is 6.15. The molecule has 0 heterocycles. The zero-order valence-corrected chi connectivity index (χ0v) is 12.6. The lowest BCUT2D eigenvalue weighted by molar-refractivity contribution is 0.140. The Morgan fingerprint density at radius 1 is 1.35 bits per heavy atom. The van der Waals surface area contributed by atoms with Gasteiger partial charge in [-0.3, -0.25) is 0 Å². The molecule has 0 aliphatic rings. The van der Waals surface area contributed by atoms with Crippen LogP contribution in [-0.2, 0) is 11.2 Å². The molecule has 0 saturated carbocycles. The Morgan fingerprint density at radius 3 is 2.76 bits per heavy atom. The molecule has 0 fully saturated rings. The normalized spacial score (nSPS) is 12.6. The number of rotatable bonds is 8. The van der Waals surface area contributed by atoms with Crippen LogP contribution < -0.4 is 0 Å². The van der Waals surface area contributed by atoms with Gasteiger partial charge in [-0.1, -0.05) is 45.7 Å². The van der Waals surface area contributed by atoms with Gasteiger partial charge in [-0.05, 0) is 43.7 Å². The van der Waals surface area contributed by atoms with Crippen LogP contribution in [-0.4, -0.2) is 18.5 Å². The van der Waals surface area contributed by atoms with Gasteiger partial charge in [0.25, 0.3) is 0 Å². The fraction of sp³-hybridized carbons (Fsp3) is 0.571. The molecule has 17 heavy (non-hydrogen) atoms. The summed E-state index contributed by atoms with van der Waals surface area (Å²) in [4.78, 5) is 0. The van der Waals surface area contributed by atoms with Crippen molar-refractivity contribution in [2.75, 3.05) is 18.5 Å². The summed E-state index contributed by atoms with van der Waals surface area (Å²) < 4.78 is 5.36. The average Bonchev–Trinajstić information content (AvgIpc) is 2.35. The highest BCUT2D eigenvalue weighted by Gasteiger charge is 2.10. The van der Waals surface area contributed by atoms with Crippen LogP contribution in [0.3, 0.4) is 0 Å². The maximum atomic E-state index is 6.17. The Kier molecular flexibility index (Phi) is 7.91. The van der Waals surface area contributed by atoms with Crippen LogP contribution in [0.4, 0.5) is 0 Å². The van der Waals surface area contributed by atoms with Gasteiger partial charge in [-0.15, -0.1) is 0 Å². The third kappa shape index (κ3) is 5.89. The maximum Gasteiger partial charge on any atom is 0.0466 e. The van der Waals surface area contributed by atoms with E-state index in [2.05, 4.69) is 22.0 Å². The molecule has 1 atom stereocenters. The molecule has 3 heteroatoms. The topological polar surface area (TPSA) is 9.23 Å². The van der Waals surface area contributed by atoms with E-state index in [-0.39, 0.29) is 0 Å². The number of hydrogen-bond donors (Lipinski definition) is 0. The molecule has 0 amide bonds. The summed E-state index contributed by atoms with van der Waals surface area (Å²) >= 11 is 9.75. The minimum Gasteiger partial charge on any atom is -0.382 e. The van der Waals surface area contributed by atoms with Gasteiger partial charge in [0.2, 0.25) is 0 Å². The van der Waals surface area contributed by atoms with Crippen molar-refractivity contribution >= 4 is 27.5 Å². The third-order valence-corrected chi connectivity index (χ3v) is 4.07. The Morgan fingerprint density at radius 2 is 2.12 bits per heavy atom. The van der Waals surface area contributed by atoms with Crippen LogP contribution in [0.15, 0.2) is 24.3 Å². The lowest BCUT2D eigenvalue weighted by atomic mass is 9.97. The highest BCUT2D eigenvalue weighted by molar-refractivity contribution is 9.09. The van der Waals surface area contributed by atoms with E-state index >= 15 is 0 Å². The molecule has 0 aromatic heterocycles. The monoisotopic (exact) mass is 318 g/mol. The number of hydrogen-bond acceptors (Lipinski definition) is 1. The molecule has 1 aromatic carbocycles. The Labute approximate surface area is 118 Å². The van der Waals surface area contributed by atoms with E-state index in [0.29, 0.717) is 5.92 Å². The predicted molar refractivity (Wildman–Crippen MR) is 78.2 cm³/mol. The van der Waals surface area contributed by atoms with Gasteiger partial charge in [0.1, 0.15) is 0 Å². The largest absolute Gasteiger partial charge is 0.382 e. The van der Waals surface area contributed by atoms with Crippen LogP contribution >= 0.6 is 27.5 Å². The summed E-state index contributed by atoms with van der Waals surface area (Å²) in [6.45, 7) is 3.71. The summed E-state index contributed by atoms with van der Waals surface area (Å²) in [7, 11) is 0. The van der Waals surface area contributed by atoms with E-state index in [9.17, 15) is 0 Å². The Balaban J connectivity index is 2.38. The van der Waals surface area contributed by atoms with Crippen molar-refractivity contribution in [1.82, 2.24) is 0 Å². The fourth-order valence-electron chi connectivity index (χ4n) is 1.83. The first-order valence-corrected chi connectivity index (χ1v) is 7.65. The Hall–Kier alpha value is -0.0500. The van der Waals surface area contributed by atoms with Crippen molar-refractivity contribution in [2.45, 2.75) is 26.2 Å². The molecular weight excluding hydrogens is 300 g/mol. The van der Waals surface area contributed by atoms with Crippen LogP contribution in [0.25, 0.3) is 0 Å². The lowest BCUT2D eigenvalue weighted by Crippen LogP contribution is -2.08.